The van der Waals surface area contributed by atoms with Crippen LogP contribution in [0.1, 0.15) is 16.2 Å². The van der Waals surface area contributed by atoms with Gasteiger partial charge in [0, 0.05) is 6.20 Å². The van der Waals surface area contributed by atoms with Gasteiger partial charge in [-0.3, -0.25) is 9.20 Å². The number of carbonyl (C=O) groups excluding carboxylic acids is 1. The Morgan fingerprint density at radius 3 is 2.69 bits per heavy atom. The number of pyridine rings is 1. The van der Waals surface area contributed by atoms with Gasteiger partial charge in [-0.1, -0.05) is 0 Å². The monoisotopic (exact) mass is 292 g/mol. The Labute approximate surface area is 96.0 Å². The van der Waals surface area contributed by atoms with Crippen molar-refractivity contribution in [2.45, 2.75) is 6.18 Å². The minimum Gasteiger partial charge on any atom is -0.296 e. The fourth-order valence-electron chi connectivity index (χ4n) is 1.37. The summed E-state index contributed by atoms with van der Waals surface area (Å²) in [6.07, 6.45) is -3.14. The van der Waals surface area contributed by atoms with Crippen molar-refractivity contribution in [2.24, 2.45) is 0 Å². The molecule has 0 fully saturated rings. The molecule has 0 bridgehead atoms. The van der Waals surface area contributed by atoms with E-state index in [1.165, 1.54) is 12.3 Å². The Balaban J connectivity index is 2.87. The fourth-order valence-corrected chi connectivity index (χ4v) is 1.81. The molecule has 0 spiro atoms. The van der Waals surface area contributed by atoms with Crippen LogP contribution in [-0.4, -0.2) is 15.7 Å². The Hall–Kier alpha value is -1.37. The molecule has 84 valence electrons. The maximum Gasteiger partial charge on any atom is 0.435 e. The summed E-state index contributed by atoms with van der Waals surface area (Å²) in [6.45, 7) is 0. The average molecular weight is 293 g/mol. The van der Waals surface area contributed by atoms with Gasteiger partial charge < -0.3 is 0 Å². The number of fused-ring (bicyclic) bond motifs is 1. The fraction of sp³-hybridized carbons (Fsp3) is 0.111. The van der Waals surface area contributed by atoms with E-state index in [1.54, 1.807) is 6.07 Å². The number of hydrogen-bond donors (Lipinski definition) is 0. The molecule has 0 aromatic carbocycles. The van der Waals surface area contributed by atoms with Crippen molar-refractivity contribution in [2.75, 3.05) is 0 Å². The van der Waals surface area contributed by atoms with Crippen molar-refractivity contribution in [1.82, 2.24) is 9.38 Å². The quantitative estimate of drug-likeness (QED) is 0.758. The first-order valence-electron chi connectivity index (χ1n) is 4.14. The van der Waals surface area contributed by atoms with Gasteiger partial charge in [-0.2, -0.15) is 13.2 Å². The van der Waals surface area contributed by atoms with Gasteiger partial charge in [0.2, 0.25) is 0 Å². The topological polar surface area (TPSA) is 34.4 Å². The van der Waals surface area contributed by atoms with Crippen LogP contribution in [0.4, 0.5) is 13.2 Å². The van der Waals surface area contributed by atoms with Gasteiger partial charge in [-0.15, -0.1) is 0 Å². The normalized spacial score (nSPS) is 12.0. The second kappa shape index (κ2) is 3.58. The molecule has 2 heterocycles. The summed E-state index contributed by atoms with van der Waals surface area (Å²) in [5.74, 6) is 0. The molecule has 0 radical (unpaired) electrons. The van der Waals surface area contributed by atoms with Gasteiger partial charge in [0.05, 0.1) is 4.47 Å². The predicted molar refractivity (Wildman–Crippen MR) is 53.3 cm³/mol. The number of rotatable bonds is 1. The average Bonchev–Trinajstić information content (AvgIpc) is 2.57. The lowest BCUT2D eigenvalue weighted by Gasteiger charge is -2.01. The van der Waals surface area contributed by atoms with Crippen LogP contribution < -0.4 is 0 Å². The van der Waals surface area contributed by atoms with Crippen LogP contribution in [0, 0.1) is 0 Å². The third kappa shape index (κ3) is 1.60. The largest absolute Gasteiger partial charge is 0.435 e. The van der Waals surface area contributed by atoms with E-state index in [4.69, 9.17) is 0 Å². The molecule has 0 saturated carbocycles. The number of alkyl halides is 3. The highest BCUT2D eigenvalue weighted by molar-refractivity contribution is 9.10. The molecule has 0 aliphatic carbocycles. The molecule has 2 aromatic heterocycles. The van der Waals surface area contributed by atoms with Gasteiger partial charge in [-0.05, 0) is 28.1 Å². The molecule has 0 atom stereocenters. The number of halogens is 4. The van der Waals surface area contributed by atoms with E-state index in [0.717, 1.165) is 4.40 Å². The number of nitrogens with zero attached hydrogens (tertiary/aromatic N) is 2. The Kier molecular flexibility index (Phi) is 2.49. The molecule has 0 aliphatic rings. The molecule has 16 heavy (non-hydrogen) atoms. The van der Waals surface area contributed by atoms with Crippen LogP contribution in [0.2, 0.25) is 0 Å². The smallest absolute Gasteiger partial charge is 0.296 e. The summed E-state index contributed by atoms with van der Waals surface area (Å²) in [5, 5.41) is 0. The number of aldehydes is 1. The van der Waals surface area contributed by atoms with E-state index in [1.807, 2.05) is 0 Å². The molecular weight excluding hydrogens is 289 g/mol. The zero-order valence-corrected chi connectivity index (χ0v) is 9.21. The van der Waals surface area contributed by atoms with Gasteiger partial charge in [-0.25, -0.2) is 4.98 Å². The van der Waals surface area contributed by atoms with Crippen molar-refractivity contribution >= 4 is 27.9 Å². The SMILES string of the molecule is O=Cc1c(C(F)(F)F)nc2c(Br)cccn12. The molecule has 0 unspecified atom stereocenters. The Morgan fingerprint density at radius 2 is 2.12 bits per heavy atom. The van der Waals surface area contributed by atoms with Crippen LogP contribution in [0.25, 0.3) is 5.65 Å². The van der Waals surface area contributed by atoms with Gasteiger partial charge in [0.1, 0.15) is 5.69 Å². The third-order valence-corrected chi connectivity index (χ3v) is 2.64. The van der Waals surface area contributed by atoms with Crippen molar-refractivity contribution in [3.63, 3.8) is 0 Å². The first-order chi connectivity index (χ1) is 7.45. The summed E-state index contributed by atoms with van der Waals surface area (Å²) in [6, 6.07) is 3.07. The van der Waals surface area contributed by atoms with Crippen molar-refractivity contribution in [3.8, 4) is 0 Å². The minimum absolute atomic E-state index is 0.0666. The Morgan fingerprint density at radius 1 is 1.44 bits per heavy atom. The van der Waals surface area contributed by atoms with Crippen molar-refractivity contribution < 1.29 is 18.0 Å². The van der Waals surface area contributed by atoms with Crippen LogP contribution in [0.15, 0.2) is 22.8 Å². The predicted octanol–water partition coefficient (Wildman–Crippen LogP) is 2.93. The molecular formula is C9H4BrF3N2O. The lowest BCUT2D eigenvalue weighted by atomic mass is 10.3. The van der Waals surface area contributed by atoms with Gasteiger partial charge in [0.25, 0.3) is 0 Å². The first kappa shape index (κ1) is 11.1. The molecule has 2 aromatic rings. The maximum atomic E-state index is 12.6. The summed E-state index contributed by atoms with van der Waals surface area (Å²) in [7, 11) is 0. The van der Waals surface area contributed by atoms with Crippen LogP contribution >= 0.6 is 15.9 Å². The molecule has 0 saturated heterocycles. The van der Waals surface area contributed by atoms with Gasteiger partial charge in [0.15, 0.2) is 17.6 Å². The molecule has 0 aliphatic heterocycles. The highest BCUT2D eigenvalue weighted by atomic mass is 79.9. The zero-order valence-electron chi connectivity index (χ0n) is 7.62. The number of imidazole rings is 1. The molecule has 3 nitrogen and oxygen atoms in total. The van der Waals surface area contributed by atoms with E-state index in [-0.39, 0.29) is 11.9 Å². The van der Waals surface area contributed by atoms with E-state index < -0.39 is 17.6 Å². The number of hydrogen-bond acceptors (Lipinski definition) is 2. The molecule has 7 heteroatoms. The number of aromatic nitrogens is 2. The summed E-state index contributed by atoms with van der Waals surface area (Å²) >= 11 is 3.07. The van der Waals surface area contributed by atoms with Crippen LogP contribution in [-0.2, 0) is 6.18 Å². The molecule has 0 N–H and O–H groups in total. The second-order valence-electron chi connectivity index (χ2n) is 3.01. The van der Waals surface area contributed by atoms with E-state index in [2.05, 4.69) is 20.9 Å². The highest BCUT2D eigenvalue weighted by Crippen LogP contribution is 2.32. The molecule has 2 rings (SSSR count). The first-order valence-corrected chi connectivity index (χ1v) is 4.93. The lowest BCUT2D eigenvalue weighted by Crippen LogP contribution is -2.09. The van der Waals surface area contributed by atoms with Crippen LogP contribution in [0.3, 0.4) is 0 Å². The standard InChI is InChI=1S/C9H4BrF3N2O/c10-5-2-1-3-15-6(4-16)7(9(11,12)13)14-8(5)15/h1-4H. The van der Waals surface area contributed by atoms with Crippen molar-refractivity contribution in [3.05, 3.63) is 34.2 Å². The third-order valence-electron chi connectivity index (χ3n) is 2.02. The summed E-state index contributed by atoms with van der Waals surface area (Å²) in [4.78, 5) is 14.1. The summed E-state index contributed by atoms with van der Waals surface area (Å²) < 4.78 is 39.2. The highest BCUT2D eigenvalue weighted by Gasteiger charge is 2.38. The van der Waals surface area contributed by atoms with E-state index in [0.29, 0.717) is 4.47 Å². The second-order valence-corrected chi connectivity index (χ2v) is 3.87. The van der Waals surface area contributed by atoms with Crippen molar-refractivity contribution in [1.29, 1.82) is 0 Å². The zero-order chi connectivity index (χ0) is 11.9. The van der Waals surface area contributed by atoms with Gasteiger partial charge >= 0.3 is 6.18 Å². The summed E-state index contributed by atoms with van der Waals surface area (Å²) in [5.41, 5.74) is -1.60. The molecule has 0 amide bonds. The van der Waals surface area contributed by atoms with E-state index >= 15 is 0 Å². The van der Waals surface area contributed by atoms with E-state index in [9.17, 15) is 18.0 Å². The lowest BCUT2D eigenvalue weighted by molar-refractivity contribution is -0.141. The maximum absolute atomic E-state index is 12.6. The minimum atomic E-state index is -4.64. The van der Waals surface area contributed by atoms with Crippen LogP contribution in [0.5, 0.6) is 0 Å². The number of carbonyl (C=O) groups is 1. The Bertz CT molecular complexity index is 562.